The number of carbonyl (C=O) groups excluding carboxylic acids is 1. The zero-order valence-corrected chi connectivity index (χ0v) is 21.6. The molecule has 2 saturated carbocycles. The van der Waals surface area contributed by atoms with Crippen LogP contribution in [0.3, 0.4) is 0 Å². The lowest BCUT2D eigenvalue weighted by atomic mass is 9.87. The van der Waals surface area contributed by atoms with Crippen LogP contribution in [0, 0.1) is 12.8 Å². The number of nitrogens with zero attached hydrogens (tertiary/aromatic N) is 3. The number of aliphatic hydroxyl groups excluding tert-OH is 1. The molecule has 0 aliphatic heterocycles. The van der Waals surface area contributed by atoms with Gasteiger partial charge in [0.25, 0.3) is 5.91 Å². The van der Waals surface area contributed by atoms with E-state index >= 15 is 0 Å². The Hall–Kier alpha value is -3.91. The van der Waals surface area contributed by atoms with Crippen LogP contribution in [0.1, 0.15) is 54.4 Å². The predicted octanol–water partition coefficient (Wildman–Crippen LogP) is 5.35. The molecule has 6 rings (SSSR count). The van der Waals surface area contributed by atoms with E-state index in [1.807, 2.05) is 72.2 Å². The van der Waals surface area contributed by atoms with Crippen LogP contribution in [0.2, 0.25) is 0 Å². The minimum Gasteiger partial charge on any atom is -0.439 e. The molecule has 196 valence electrons. The van der Waals surface area contributed by atoms with Crippen LogP contribution in [0.5, 0.6) is 11.6 Å². The molecule has 2 aromatic carbocycles. The van der Waals surface area contributed by atoms with E-state index in [4.69, 9.17) is 9.72 Å². The van der Waals surface area contributed by atoms with Crippen LogP contribution < -0.4 is 15.4 Å². The Kier molecular flexibility index (Phi) is 6.72. The van der Waals surface area contributed by atoms with Gasteiger partial charge in [0.1, 0.15) is 11.6 Å². The average molecular weight is 512 g/mol. The Labute approximate surface area is 222 Å². The van der Waals surface area contributed by atoms with Crippen molar-refractivity contribution in [2.45, 2.75) is 57.6 Å². The third-order valence-corrected chi connectivity index (χ3v) is 7.50. The van der Waals surface area contributed by atoms with Gasteiger partial charge in [-0.3, -0.25) is 4.79 Å². The first-order valence-electron chi connectivity index (χ1n) is 13.5. The molecule has 0 radical (unpaired) electrons. The summed E-state index contributed by atoms with van der Waals surface area (Å²) >= 11 is 0. The summed E-state index contributed by atoms with van der Waals surface area (Å²) in [5.41, 5.74) is 4.09. The first-order chi connectivity index (χ1) is 18.5. The fourth-order valence-electron chi connectivity index (χ4n) is 5.11. The summed E-state index contributed by atoms with van der Waals surface area (Å²) in [7, 11) is 0. The molecule has 0 bridgehead atoms. The molecule has 0 saturated heterocycles. The third kappa shape index (κ3) is 5.36. The van der Waals surface area contributed by atoms with Gasteiger partial charge >= 0.3 is 0 Å². The SMILES string of the molecule is Cc1cc(-c2cnn3c(NC[C@H]4CC[C@H](O)CC4)cc(Oc4ccccc4)nc23)ccc1C(=O)NC1CC1. The standard InChI is InChI=1S/C30H33N5O3/c1-19-15-21(9-14-25(19)30(37)33-22-10-11-22)26-18-32-35-27(31-17-20-7-12-23(36)13-8-20)16-28(34-29(26)35)38-24-5-3-2-4-6-24/h2-6,9,14-16,18,20,22-23,31,36H,7-8,10-13,17H2,1H3,(H,33,37)/t20-,23-. The van der Waals surface area contributed by atoms with Crippen LogP contribution in [-0.2, 0) is 0 Å². The van der Waals surface area contributed by atoms with E-state index < -0.39 is 0 Å². The number of anilines is 1. The largest absolute Gasteiger partial charge is 0.439 e. The zero-order chi connectivity index (χ0) is 26.1. The van der Waals surface area contributed by atoms with Crippen LogP contribution in [0.15, 0.2) is 60.8 Å². The number of fused-ring (bicyclic) bond motifs is 1. The molecule has 2 aromatic heterocycles. The van der Waals surface area contributed by atoms with Gasteiger partial charge < -0.3 is 20.5 Å². The van der Waals surface area contributed by atoms with Crippen molar-refractivity contribution in [1.82, 2.24) is 19.9 Å². The molecule has 2 aliphatic carbocycles. The molecule has 8 heteroatoms. The van der Waals surface area contributed by atoms with Gasteiger partial charge in [-0.15, -0.1) is 0 Å². The molecule has 2 fully saturated rings. The van der Waals surface area contributed by atoms with Crippen molar-refractivity contribution in [2.24, 2.45) is 5.92 Å². The van der Waals surface area contributed by atoms with E-state index in [0.717, 1.165) is 67.6 Å². The molecule has 8 nitrogen and oxygen atoms in total. The Morgan fingerprint density at radius 3 is 2.58 bits per heavy atom. The highest BCUT2D eigenvalue weighted by molar-refractivity contribution is 5.97. The van der Waals surface area contributed by atoms with E-state index in [9.17, 15) is 9.90 Å². The van der Waals surface area contributed by atoms with Crippen molar-refractivity contribution in [3.05, 3.63) is 71.9 Å². The van der Waals surface area contributed by atoms with Crippen molar-refractivity contribution in [2.75, 3.05) is 11.9 Å². The van der Waals surface area contributed by atoms with Crippen LogP contribution in [0.4, 0.5) is 5.82 Å². The van der Waals surface area contributed by atoms with Gasteiger partial charge in [0.05, 0.1) is 12.3 Å². The highest BCUT2D eigenvalue weighted by atomic mass is 16.5. The second kappa shape index (κ2) is 10.5. The Morgan fingerprint density at radius 2 is 1.84 bits per heavy atom. The van der Waals surface area contributed by atoms with Crippen molar-refractivity contribution in [3.63, 3.8) is 0 Å². The second-order valence-electron chi connectivity index (χ2n) is 10.5. The van der Waals surface area contributed by atoms with Crippen LogP contribution in [0.25, 0.3) is 16.8 Å². The number of hydrogen-bond acceptors (Lipinski definition) is 6. The second-order valence-corrected chi connectivity index (χ2v) is 10.5. The van der Waals surface area contributed by atoms with Gasteiger partial charge in [0.2, 0.25) is 5.88 Å². The normalized spacial score (nSPS) is 19.3. The highest BCUT2D eigenvalue weighted by Crippen LogP contribution is 2.32. The van der Waals surface area contributed by atoms with Gasteiger partial charge in [-0.2, -0.15) is 14.6 Å². The molecule has 38 heavy (non-hydrogen) atoms. The summed E-state index contributed by atoms with van der Waals surface area (Å²) in [5, 5.41) is 21.2. The number of benzene rings is 2. The van der Waals surface area contributed by atoms with E-state index in [-0.39, 0.29) is 12.0 Å². The average Bonchev–Trinajstić information content (AvgIpc) is 3.63. The van der Waals surface area contributed by atoms with Crippen molar-refractivity contribution < 1.29 is 14.6 Å². The smallest absolute Gasteiger partial charge is 0.251 e. The number of aryl methyl sites for hydroxylation is 1. The number of aliphatic hydroxyl groups is 1. The minimum absolute atomic E-state index is 0.0187. The summed E-state index contributed by atoms with van der Waals surface area (Å²) in [6.45, 7) is 2.75. The lowest BCUT2D eigenvalue weighted by molar-refractivity contribution is 0.0950. The molecular formula is C30H33N5O3. The monoisotopic (exact) mass is 511 g/mol. The van der Waals surface area contributed by atoms with Crippen LogP contribution >= 0.6 is 0 Å². The number of para-hydroxylation sites is 1. The number of amides is 1. The number of hydrogen-bond donors (Lipinski definition) is 3. The number of aromatic nitrogens is 3. The first-order valence-corrected chi connectivity index (χ1v) is 13.5. The Morgan fingerprint density at radius 1 is 1.05 bits per heavy atom. The topological polar surface area (TPSA) is 101 Å². The maximum absolute atomic E-state index is 12.6. The summed E-state index contributed by atoms with van der Waals surface area (Å²) in [4.78, 5) is 17.5. The van der Waals surface area contributed by atoms with Crippen LogP contribution in [-0.4, -0.2) is 44.3 Å². The fraction of sp³-hybridized carbons (Fsp3) is 0.367. The predicted molar refractivity (Wildman–Crippen MR) is 147 cm³/mol. The molecule has 1 amide bonds. The zero-order valence-electron chi connectivity index (χ0n) is 21.6. The van der Waals surface area contributed by atoms with Gasteiger partial charge in [-0.25, -0.2) is 0 Å². The minimum atomic E-state index is -0.173. The molecule has 4 aromatic rings. The van der Waals surface area contributed by atoms with Gasteiger partial charge in [0.15, 0.2) is 5.65 Å². The number of ether oxygens (including phenoxy) is 1. The van der Waals surface area contributed by atoms with E-state index in [1.165, 1.54) is 0 Å². The van der Waals surface area contributed by atoms with E-state index in [2.05, 4.69) is 15.7 Å². The number of nitrogens with one attached hydrogen (secondary N) is 2. The highest BCUT2D eigenvalue weighted by Gasteiger charge is 2.25. The van der Waals surface area contributed by atoms with Crippen molar-refractivity contribution in [1.29, 1.82) is 0 Å². The van der Waals surface area contributed by atoms with Crippen molar-refractivity contribution in [3.8, 4) is 22.8 Å². The van der Waals surface area contributed by atoms with Gasteiger partial charge in [-0.05, 0) is 80.7 Å². The Bertz CT molecular complexity index is 1440. The summed E-state index contributed by atoms with van der Waals surface area (Å²) in [6, 6.07) is 17.7. The lowest BCUT2D eigenvalue weighted by Gasteiger charge is -2.25. The molecular weight excluding hydrogens is 478 g/mol. The summed E-state index contributed by atoms with van der Waals surface area (Å²) in [6.07, 6.45) is 7.46. The third-order valence-electron chi connectivity index (χ3n) is 7.50. The summed E-state index contributed by atoms with van der Waals surface area (Å²) < 4.78 is 7.95. The summed E-state index contributed by atoms with van der Waals surface area (Å²) in [5.74, 6) is 2.46. The van der Waals surface area contributed by atoms with Crippen molar-refractivity contribution >= 4 is 17.4 Å². The number of rotatable bonds is 8. The fourth-order valence-corrected chi connectivity index (χ4v) is 5.11. The quantitative estimate of drug-likeness (QED) is 0.295. The van der Waals surface area contributed by atoms with E-state index in [1.54, 1.807) is 0 Å². The lowest BCUT2D eigenvalue weighted by Crippen LogP contribution is -2.26. The molecule has 0 unspecified atom stereocenters. The first kappa shape index (κ1) is 24.4. The van der Waals surface area contributed by atoms with E-state index in [0.29, 0.717) is 34.8 Å². The van der Waals surface area contributed by atoms with Gasteiger partial charge in [-0.1, -0.05) is 30.3 Å². The molecule has 0 spiro atoms. The maximum Gasteiger partial charge on any atom is 0.251 e. The molecule has 3 N–H and O–H groups in total. The Balaban J connectivity index is 1.32. The maximum atomic E-state index is 12.6. The van der Waals surface area contributed by atoms with Gasteiger partial charge in [0, 0.05) is 29.8 Å². The molecule has 2 heterocycles. The molecule has 0 atom stereocenters. The molecule has 2 aliphatic rings. The number of carbonyl (C=O) groups is 1.